The Bertz CT molecular complexity index is 396. The molecule has 0 spiro atoms. The summed E-state index contributed by atoms with van der Waals surface area (Å²) in [5.41, 5.74) is 0. The van der Waals surface area contributed by atoms with Crippen LogP contribution >= 0.6 is 0 Å². The lowest BCUT2D eigenvalue weighted by atomic mass is 10.2. The minimum Gasteiger partial charge on any atom is -0.395 e. The van der Waals surface area contributed by atoms with Gasteiger partial charge in [0.05, 0.1) is 12.8 Å². The molecule has 2 rings (SSSR count). The molecular formula is C12H19FN4O. The first-order chi connectivity index (χ1) is 8.76. The summed E-state index contributed by atoms with van der Waals surface area (Å²) < 4.78 is 13.9. The number of aliphatic hydroxyl groups excluding tert-OH is 1. The highest BCUT2D eigenvalue weighted by atomic mass is 19.1. The lowest BCUT2D eigenvalue weighted by Crippen LogP contribution is -2.37. The van der Waals surface area contributed by atoms with Gasteiger partial charge in [-0.25, -0.2) is 9.37 Å². The van der Waals surface area contributed by atoms with Crippen LogP contribution in [0.5, 0.6) is 0 Å². The molecule has 1 aromatic rings. The van der Waals surface area contributed by atoms with Crippen LogP contribution in [0.2, 0.25) is 0 Å². The second-order valence-electron chi connectivity index (χ2n) is 4.47. The Kier molecular flexibility index (Phi) is 4.30. The predicted molar refractivity (Wildman–Crippen MR) is 68.2 cm³/mol. The van der Waals surface area contributed by atoms with Crippen molar-refractivity contribution >= 4 is 11.8 Å². The molecule has 1 aliphatic rings. The third-order valence-corrected chi connectivity index (χ3v) is 3.33. The van der Waals surface area contributed by atoms with E-state index in [4.69, 9.17) is 5.11 Å². The van der Waals surface area contributed by atoms with Crippen molar-refractivity contribution in [3.8, 4) is 0 Å². The lowest BCUT2D eigenvalue weighted by molar-refractivity contribution is 0.296. The molecule has 1 aliphatic carbocycles. The highest BCUT2D eigenvalue weighted by Crippen LogP contribution is 2.28. The minimum absolute atomic E-state index is 0.00513. The molecule has 0 unspecified atom stereocenters. The van der Waals surface area contributed by atoms with Crippen LogP contribution in [0, 0.1) is 5.82 Å². The van der Waals surface area contributed by atoms with E-state index in [1.165, 1.54) is 6.20 Å². The number of hydrogen-bond donors (Lipinski definition) is 2. The van der Waals surface area contributed by atoms with Gasteiger partial charge in [-0.1, -0.05) is 12.8 Å². The number of anilines is 2. The van der Waals surface area contributed by atoms with E-state index in [0.717, 1.165) is 25.7 Å². The van der Waals surface area contributed by atoms with E-state index < -0.39 is 5.82 Å². The summed E-state index contributed by atoms with van der Waals surface area (Å²) >= 11 is 0. The number of aromatic nitrogens is 2. The molecule has 1 fully saturated rings. The van der Waals surface area contributed by atoms with Crippen LogP contribution < -0.4 is 10.2 Å². The molecule has 0 bridgehead atoms. The second kappa shape index (κ2) is 5.95. The smallest absolute Gasteiger partial charge is 0.224 e. The summed E-state index contributed by atoms with van der Waals surface area (Å²) in [6.07, 6.45) is 5.53. The monoisotopic (exact) mass is 254 g/mol. The first kappa shape index (κ1) is 13.0. The summed E-state index contributed by atoms with van der Waals surface area (Å²) in [6.45, 7) is 0.399. The van der Waals surface area contributed by atoms with Crippen molar-refractivity contribution in [2.75, 3.05) is 30.4 Å². The highest BCUT2D eigenvalue weighted by molar-refractivity contribution is 5.45. The van der Waals surface area contributed by atoms with Crippen LogP contribution in [0.1, 0.15) is 25.7 Å². The maximum absolute atomic E-state index is 13.9. The van der Waals surface area contributed by atoms with Gasteiger partial charge in [0.15, 0.2) is 11.6 Å². The van der Waals surface area contributed by atoms with E-state index in [2.05, 4.69) is 15.3 Å². The van der Waals surface area contributed by atoms with Gasteiger partial charge in [0.1, 0.15) is 0 Å². The van der Waals surface area contributed by atoms with Gasteiger partial charge in [0, 0.05) is 19.6 Å². The van der Waals surface area contributed by atoms with Gasteiger partial charge in [0.25, 0.3) is 0 Å². The summed E-state index contributed by atoms with van der Waals surface area (Å²) in [7, 11) is 1.70. The van der Waals surface area contributed by atoms with Crippen molar-refractivity contribution in [1.82, 2.24) is 9.97 Å². The van der Waals surface area contributed by atoms with E-state index in [9.17, 15) is 4.39 Å². The topological polar surface area (TPSA) is 61.3 Å². The molecule has 0 amide bonds. The quantitative estimate of drug-likeness (QED) is 0.831. The number of hydrogen-bond acceptors (Lipinski definition) is 5. The molecule has 6 heteroatoms. The standard InChI is InChI=1S/C12H19FN4O/c1-14-12-15-8-10(13)11(16-12)17(6-7-18)9-4-2-3-5-9/h8-9,18H,2-7H2,1H3,(H,14,15,16). The van der Waals surface area contributed by atoms with Crippen molar-refractivity contribution < 1.29 is 9.50 Å². The van der Waals surface area contributed by atoms with Crippen LogP contribution in [0.3, 0.4) is 0 Å². The molecule has 1 aromatic heterocycles. The van der Waals surface area contributed by atoms with Crippen molar-refractivity contribution in [3.05, 3.63) is 12.0 Å². The number of aliphatic hydroxyl groups is 1. The van der Waals surface area contributed by atoms with Crippen LogP contribution in [0.15, 0.2) is 6.20 Å². The lowest BCUT2D eigenvalue weighted by Gasteiger charge is -2.29. The van der Waals surface area contributed by atoms with Gasteiger partial charge in [-0.15, -0.1) is 0 Å². The second-order valence-corrected chi connectivity index (χ2v) is 4.47. The van der Waals surface area contributed by atoms with Crippen LogP contribution in [0.4, 0.5) is 16.2 Å². The molecule has 0 aliphatic heterocycles. The molecule has 18 heavy (non-hydrogen) atoms. The summed E-state index contributed by atoms with van der Waals surface area (Å²) in [5, 5.41) is 12.0. The minimum atomic E-state index is -0.436. The zero-order valence-electron chi connectivity index (χ0n) is 10.6. The van der Waals surface area contributed by atoms with Crippen molar-refractivity contribution in [3.63, 3.8) is 0 Å². The molecule has 1 saturated carbocycles. The van der Waals surface area contributed by atoms with E-state index in [-0.39, 0.29) is 18.5 Å². The Morgan fingerprint density at radius 2 is 2.22 bits per heavy atom. The van der Waals surface area contributed by atoms with Gasteiger partial charge in [-0.3, -0.25) is 0 Å². The van der Waals surface area contributed by atoms with Crippen LogP contribution in [-0.2, 0) is 0 Å². The maximum Gasteiger partial charge on any atom is 0.224 e. The Morgan fingerprint density at radius 1 is 1.50 bits per heavy atom. The fraction of sp³-hybridized carbons (Fsp3) is 0.667. The summed E-state index contributed by atoms with van der Waals surface area (Å²) in [4.78, 5) is 9.88. The molecular weight excluding hydrogens is 235 g/mol. The van der Waals surface area contributed by atoms with Crippen LogP contribution in [-0.4, -0.2) is 41.3 Å². The number of nitrogens with one attached hydrogen (secondary N) is 1. The largest absolute Gasteiger partial charge is 0.395 e. The third-order valence-electron chi connectivity index (χ3n) is 3.33. The Morgan fingerprint density at radius 3 is 2.83 bits per heavy atom. The SMILES string of the molecule is CNc1ncc(F)c(N(CCO)C2CCCC2)n1. The third kappa shape index (κ3) is 2.69. The van der Waals surface area contributed by atoms with Crippen molar-refractivity contribution in [2.24, 2.45) is 0 Å². The Balaban J connectivity index is 2.28. The fourth-order valence-electron chi connectivity index (χ4n) is 2.47. The molecule has 0 aromatic carbocycles. The molecule has 0 radical (unpaired) electrons. The fourth-order valence-corrected chi connectivity index (χ4v) is 2.47. The van der Waals surface area contributed by atoms with Gasteiger partial charge in [-0.05, 0) is 12.8 Å². The Labute approximate surface area is 106 Å². The molecule has 5 nitrogen and oxygen atoms in total. The zero-order chi connectivity index (χ0) is 13.0. The van der Waals surface area contributed by atoms with Gasteiger partial charge in [0.2, 0.25) is 5.95 Å². The summed E-state index contributed by atoms with van der Waals surface area (Å²) in [6, 6.07) is 0.270. The zero-order valence-corrected chi connectivity index (χ0v) is 10.6. The summed E-state index contributed by atoms with van der Waals surface area (Å²) in [5.74, 6) is 0.247. The molecule has 100 valence electrons. The molecule has 2 N–H and O–H groups in total. The van der Waals surface area contributed by atoms with Gasteiger partial charge < -0.3 is 15.3 Å². The van der Waals surface area contributed by atoms with E-state index in [1.807, 2.05) is 4.90 Å². The van der Waals surface area contributed by atoms with Gasteiger partial charge >= 0.3 is 0 Å². The van der Waals surface area contributed by atoms with Crippen molar-refractivity contribution in [1.29, 1.82) is 0 Å². The Hall–Kier alpha value is -1.43. The van der Waals surface area contributed by atoms with Crippen LogP contribution in [0.25, 0.3) is 0 Å². The average molecular weight is 254 g/mol. The average Bonchev–Trinajstić information content (AvgIpc) is 2.91. The first-order valence-corrected chi connectivity index (χ1v) is 6.34. The number of halogens is 1. The molecule has 0 saturated heterocycles. The first-order valence-electron chi connectivity index (χ1n) is 6.34. The predicted octanol–water partition coefficient (Wildman–Crippen LogP) is 1.40. The molecule has 1 heterocycles. The van der Waals surface area contributed by atoms with E-state index in [1.54, 1.807) is 7.05 Å². The number of nitrogens with zero attached hydrogens (tertiary/aromatic N) is 3. The van der Waals surface area contributed by atoms with Crippen molar-refractivity contribution in [2.45, 2.75) is 31.7 Å². The highest BCUT2D eigenvalue weighted by Gasteiger charge is 2.25. The van der Waals surface area contributed by atoms with Gasteiger partial charge in [-0.2, -0.15) is 4.98 Å². The van der Waals surface area contributed by atoms with E-state index >= 15 is 0 Å². The van der Waals surface area contributed by atoms with E-state index in [0.29, 0.717) is 12.5 Å². The molecule has 0 atom stereocenters. The normalized spacial score (nSPS) is 15.9. The maximum atomic E-state index is 13.9. The number of rotatable bonds is 5.